The maximum absolute atomic E-state index is 12.5. The van der Waals surface area contributed by atoms with Crippen molar-refractivity contribution in [2.75, 3.05) is 19.6 Å². The molecule has 1 N–H and O–H groups in total. The molecule has 1 aliphatic heterocycles. The van der Waals surface area contributed by atoms with Gasteiger partial charge in [-0.1, -0.05) is 20.3 Å². The topological polar surface area (TPSA) is 62.3 Å². The number of piperidine rings is 1. The first-order chi connectivity index (χ1) is 11.2. The lowest BCUT2D eigenvalue weighted by Crippen LogP contribution is -2.44. The van der Waals surface area contributed by atoms with Crippen LogP contribution in [-0.2, 0) is 4.79 Å². The molecule has 2 atom stereocenters. The second kappa shape index (κ2) is 8.65. The van der Waals surface area contributed by atoms with Gasteiger partial charge in [0.2, 0.25) is 5.91 Å². The van der Waals surface area contributed by atoms with Crippen molar-refractivity contribution in [3.63, 3.8) is 0 Å². The second-order valence-corrected chi connectivity index (χ2v) is 6.26. The highest BCUT2D eigenvalue weighted by molar-refractivity contribution is 5.93. The van der Waals surface area contributed by atoms with Crippen molar-refractivity contribution in [3.05, 3.63) is 30.1 Å². The first-order valence-electron chi connectivity index (χ1n) is 8.61. The first-order valence-corrected chi connectivity index (χ1v) is 8.61. The van der Waals surface area contributed by atoms with Crippen molar-refractivity contribution >= 4 is 11.8 Å². The van der Waals surface area contributed by atoms with Crippen LogP contribution < -0.4 is 5.32 Å². The summed E-state index contributed by atoms with van der Waals surface area (Å²) in [7, 11) is 0. The monoisotopic (exact) mass is 317 g/mol. The summed E-state index contributed by atoms with van der Waals surface area (Å²) in [4.78, 5) is 30.4. The minimum Gasteiger partial charge on any atom is -0.356 e. The number of nitrogens with zero attached hydrogens (tertiary/aromatic N) is 2. The number of likely N-dealkylation sites (tertiary alicyclic amines) is 1. The van der Waals surface area contributed by atoms with E-state index in [0.29, 0.717) is 23.8 Å². The second-order valence-electron chi connectivity index (χ2n) is 6.26. The number of rotatable bonds is 6. The third kappa shape index (κ3) is 4.78. The average Bonchev–Trinajstić information content (AvgIpc) is 2.60. The molecule has 2 rings (SSSR count). The molecule has 1 aromatic rings. The van der Waals surface area contributed by atoms with E-state index in [0.717, 1.165) is 38.9 Å². The molecule has 0 aliphatic carbocycles. The Balaban J connectivity index is 1.93. The van der Waals surface area contributed by atoms with Gasteiger partial charge >= 0.3 is 0 Å². The van der Waals surface area contributed by atoms with Gasteiger partial charge in [0.25, 0.3) is 5.91 Å². The average molecular weight is 317 g/mol. The SMILES string of the molecule is CCCNC(=O)C[C@@H]1CCN(C(=O)c2cccnc2)C[C@@H]1CC. The molecule has 1 aliphatic rings. The van der Waals surface area contributed by atoms with E-state index in [-0.39, 0.29) is 11.8 Å². The highest BCUT2D eigenvalue weighted by Gasteiger charge is 2.31. The van der Waals surface area contributed by atoms with Gasteiger partial charge in [0.15, 0.2) is 0 Å². The van der Waals surface area contributed by atoms with Crippen LogP contribution in [0.25, 0.3) is 0 Å². The van der Waals surface area contributed by atoms with Crippen LogP contribution in [0.15, 0.2) is 24.5 Å². The predicted octanol–water partition coefficient (Wildman–Crippen LogP) is 2.49. The molecular weight excluding hydrogens is 290 g/mol. The highest BCUT2D eigenvalue weighted by Crippen LogP contribution is 2.29. The Kier molecular flexibility index (Phi) is 6.56. The van der Waals surface area contributed by atoms with Crippen LogP contribution in [0.2, 0.25) is 0 Å². The van der Waals surface area contributed by atoms with E-state index in [9.17, 15) is 9.59 Å². The molecule has 2 heterocycles. The molecule has 0 bridgehead atoms. The molecule has 1 saturated heterocycles. The fourth-order valence-electron chi connectivity index (χ4n) is 3.24. The Morgan fingerprint density at radius 3 is 2.83 bits per heavy atom. The summed E-state index contributed by atoms with van der Waals surface area (Å²) in [6.07, 6.45) is 6.71. The van der Waals surface area contributed by atoms with Crippen LogP contribution in [0.1, 0.15) is 49.9 Å². The quantitative estimate of drug-likeness (QED) is 0.877. The minimum atomic E-state index is 0.0467. The molecular formula is C18H27N3O2. The van der Waals surface area contributed by atoms with E-state index >= 15 is 0 Å². The van der Waals surface area contributed by atoms with E-state index in [4.69, 9.17) is 0 Å². The largest absolute Gasteiger partial charge is 0.356 e. The molecule has 1 fully saturated rings. The molecule has 0 aromatic carbocycles. The molecule has 1 aromatic heterocycles. The fraction of sp³-hybridized carbons (Fsp3) is 0.611. The first kappa shape index (κ1) is 17.4. The normalized spacial score (nSPS) is 21.0. The lowest BCUT2D eigenvalue weighted by atomic mass is 9.81. The maximum atomic E-state index is 12.5. The third-order valence-electron chi connectivity index (χ3n) is 4.63. The predicted molar refractivity (Wildman–Crippen MR) is 89.9 cm³/mol. The summed E-state index contributed by atoms with van der Waals surface area (Å²) in [5.41, 5.74) is 0.640. The summed E-state index contributed by atoms with van der Waals surface area (Å²) < 4.78 is 0. The van der Waals surface area contributed by atoms with Gasteiger partial charge in [0, 0.05) is 38.4 Å². The number of aromatic nitrogens is 1. The molecule has 5 nitrogen and oxygen atoms in total. The molecule has 126 valence electrons. The van der Waals surface area contributed by atoms with Gasteiger partial charge in [0.1, 0.15) is 0 Å². The van der Waals surface area contributed by atoms with E-state index in [1.54, 1.807) is 24.5 Å². The summed E-state index contributed by atoms with van der Waals surface area (Å²) >= 11 is 0. The molecule has 0 unspecified atom stereocenters. The minimum absolute atomic E-state index is 0.0467. The van der Waals surface area contributed by atoms with Crippen LogP contribution >= 0.6 is 0 Å². The highest BCUT2D eigenvalue weighted by atomic mass is 16.2. The lowest BCUT2D eigenvalue weighted by Gasteiger charge is -2.38. The molecule has 0 radical (unpaired) electrons. The van der Waals surface area contributed by atoms with Crippen LogP contribution in [0.5, 0.6) is 0 Å². The third-order valence-corrected chi connectivity index (χ3v) is 4.63. The number of nitrogens with one attached hydrogen (secondary N) is 1. The number of carbonyl (C=O) groups is 2. The summed E-state index contributed by atoms with van der Waals surface area (Å²) in [5.74, 6) is 0.944. The van der Waals surface area contributed by atoms with Crippen LogP contribution in [0.4, 0.5) is 0 Å². The van der Waals surface area contributed by atoms with E-state index in [2.05, 4.69) is 24.1 Å². The number of pyridine rings is 1. The Hall–Kier alpha value is -1.91. The van der Waals surface area contributed by atoms with E-state index in [1.807, 2.05) is 4.90 Å². The van der Waals surface area contributed by atoms with Gasteiger partial charge in [-0.25, -0.2) is 0 Å². The van der Waals surface area contributed by atoms with Gasteiger partial charge < -0.3 is 10.2 Å². The Morgan fingerprint density at radius 2 is 2.17 bits per heavy atom. The number of hydrogen-bond acceptors (Lipinski definition) is 3. The number of amides is 2. The van der Waals surface area contributed by atoms with Gasteiger partial charge in [-0.3, -0.25) is 14.6 Å². The van der Waals surface area contributed by atoms with Gasteiger partial charge in [-0.05, 0) is 36.8 Å². The van der Waals surface area contributed by atoms with Crippen molar-refractivity contribution in [2.45, 2.75) is 39.5 Å². The maximum Gasteiger partial charge on any atom is 0.255 e. The van der Waals surface area contributed by atoms with Crippen LogP contribution in [0, 0.1) is 11.8 Å². The zero-order chi connectivity index (χ0) is 16.7. The summed E-state index contributed by atoms with van der Waals surface area (Å²) in [6.45, 7) is 6.39. The van der Waals surface area contributed by atoms with E-state index in [1.165, 1.54) is 0 Å². The zero-order valence-corrected chi connectivity index (χ0v) is 14.1. The van der Waals surface area contributed by atoms with Crippen molar-refractivity contribution < 1.29 is 9.59 Å². The van der Waals surface area contributed by atoms with Crippen molar-refractivity contribution in [1.29, 1.82) is 0 Å². The molecule has 0 spiro atoms. The molecule has 23 heavy (non-hydrogen) atoms. The Bertz CT molecular complexity index is 518. The van der Waals surface area contributed by atoms with Crippen LogP contribution in [0.3, 0.4) is 0 Å². The number of carbonyl (C=O) groups excluding carboxylic acids is 2. The molecule has 2 amide bonds. The smallest absolute Gasteiger partial charge is 0.255 e. The summed E-state index contributed by atoms with van der Waals surface area (Å²) in [6, 6.07) is 3.59. The molecule has 0 saturated carbocycles. The van der Waals surface area contributed by atoms with E-state index < -0.39 is 0 Å². The lowest BCUT2D eigenvalue weighted by molar-refractivity contribution is -0.122. The van der Waals surface area contributed by atoms with Crippen molar-refractivity contribution in [2.24, 2.45) is 11.8 Å². The van der Waals surface area contributed by atoms with Gasteiger partial charge in [-0.15, -0.1) is 0 Å². The van der Waals surface area contributed by atoms with Gasteiger partial charge in [-0.2, -0.15) is 0 Å². The standard InChI is InChI=1S/C18H27N3O2/c1-3-8-20-17(22)11-15-7-10-21(13-14(15)4-2)18(23)16-6-5-9-19-12-16/h5-6,9,12,14-15H,3-4,7-8,10-11,13H2,1-2H3,(H,20,22)/t14-,15-/m0/s1. The Morgan fingerprint density at radius 1 is 1.35 bits per heavy atom. The summed E-state index contributed by atoms with van der Waals surface area (Å²) in [5, 5.41) is 2.96. The van der Waals surface area contributed by atoms with Gasteiger partial charge in [0.05, 0.1) is 5.56 Å². The zero-order valence-electron chi connectivity index (χ0n) is 14.1. The van der Waals surface area contributed by atoms with Crippen molar-refractivity contribution in [3.8, 4) is 0 Å². The van der Waals surface area contributed by atoms with Crippen LogP contribution in [-0.4, -0.2) is 41.3 Å². The van der Waals surface area contributed by atoms with Crippen molar-refractivity contribution in [1.82, 2.24) is 15.2 Å². The number of hydrogen-bond donors (Lipinski definition) is 1. The Labute approximate surface area is 138 Å². The molecule has 5 heteroatoms. The fourth-order valence-corrected chi connectivity index (χ4v) is 3.24.